The standard InChI is InChI=1S/C28H34N2O9/c1-30(2)21-20-23(33)17-14(11-39-12-7-4-3-5-8-12)13-9-6-10-15(31)16(13)22(32)18(17)25(35)28(20,38)26(36)19(24(21)34)27(29)37/h6,9-10,12,14,17-21,23,31,33,38H,3-5,7-8,11H2,1-2H3,(H2,29,37). The zero-order chi connectivity index (χ0) is 28.4. The van der Waals surface area contributed by atoms with Crippen LogP contribution in [0.3, 0.4) is 0 Å². The molecule has 1 aromatic carbocycles. The molecule has 0 bridgehead atoms. The number of benzene rings is 1. The minimum Gasteiger partial charge on any atom is -0.507 e. The number of likely N-dealkylation sites (N-methyl/N-ethyl adjacent to an activating group) is 1. The van der Waals surface area contributed by atoms with Crippen molar-refractivity contribution in [3.8, 4) is 5.75 Å². The van der Waals surface area contributed by atoms with E-state index < -0.39 is 76.4 Å². The summed E-state index contributed by atoms with van der Waals surface area (Å²) in [5.41, 5.74) is 2.58. The number of carbonyl (C=O) groups is 5. The van der Waals surface area contributed by atoms with Gasteiger partial charge in [-0.15, -0.1) is 0 Å². The molecule has 0 heterocycles. The topological polar surface area (TPSA) is 185 Å². The number of aromatic hydroxyl groups is 1. The SMILES string of the molecule is CN(C)C1C(=O)C(C(N)=O)C(=O)C2(O)C(=O)C3C(=O)c4c(O)cccc4C(COC4CCCCC4)C3C(O)C12. The first kappa shape index (κ1) is 27.6. The number of phenolic OH excluding ortho intramolecular Hbond substituents is 1. The number of fused-ring (bicyclic) bond motifs is 3. The van der Waals surface area contributed by atoms with Crippen LogP contribution < -0.4 is 5.73 Å². The van der Waals surface area contributed by atoms with E-state index in [1.807, 2.05) is 0 Å². The van der Waals surface area contributed by atoms with Gasteiger partial charge in [-0.1, -0.05) is 31.4 Å². The number of carbonyl (C=O) groups excluding carboxylic acids is 5. The van der Waals surface area contributed by atoms with Crippen molar-refractivity contribution in [2.75, 3.05) is 20.7 Å². The number of ether oxygens (including phenoxy) is 1. The molecule has 11 heteroatoms. The molecule has 39 heavy (non-hydrogen) atoms. The van der Waals surface area contributed by atoms with Gasteiger partial charge in [0.1, 0.15) is 5.75 Å². The van der Waals surface area contributed by atoms with E-state index in [9.17, 15) is 39.3 Å². The Bertz CT molecular complexity index is 1240. The molecule has 4 aliphatic carbocycles. The Morgan fingerprint density at radius 3 is 2.38 bits per heavy atom. The lowest BCUT2D eigenvalue weighted by Gasteiger charge is -2.56. The van der Waals surface area contributed by atoms with Gasteiger partial charge >= 0.3 is 0 Å². The van der Waals surface area contributed by atoms with E-state index in [-0.39, 0.29) is 24.0 Å². The molecule has 0 aromatic heterocycles. The van der Waals surface area contributed by atoms with Crippen LogP contribution in [-0.4, -0.2) is 93.8 Å². The lowest BCUT2D eigenvalue weighted by Crippen LogP contribution is -2.77. The third-order valence-corrected chi connectivity index (χ3v) is 9.21. The second kappa shape index (κ2) is 9.88. The monoisotopic (exact) mass is 542 g/mol. The van der Waals surface area contributed by atoms with Crippen molar-refractivity contribution in [1.29, 1.82) is 0 Å². The molecule has 0 aliphatic heterocycles. The predicted octanol–water partition coefficient (Wildman–Crippen LogP) is -0.272. The molecule has 210 valence electrons. The van der Waals surface area contributed by atoms with E-state index in [2.05, 4.69) is 0 Å². The molecule has 3 saturated carbocycles. The van der Waals surface area contributed by atoms with E-state index in [0.29, 0.717) is 5.56 Å². The van der Waals surface area contributed by atoms with Crippen LogP contribution in [0.5, 0.6) is 5.75 Å². The first-order chi connectivity index (χ1) is 18.4. The fraction of sp³-hybridized carbons (Fsp3) is 0.607. The molecule has 5 N–H and O–H groups in total. The van der Waals surface area contributed by atoms with E-state index in [4.69, 9.17) is 10.5 Å². The number of Topliss-reactive ketones (excluding diaryl/α,β-unsaturated/α-hetero) is 4. The number of ketones is 4. The van der Waals surface area contributed by atoms with Gasteiger partial charge in [-0.05, 0) is 38.6 Å². The van der Waals surface area contributed by atoms with Gasteiger partial charge in [0.2, 0.25) is 5.91 Å². The molecule has 0 spiro atoms. The highest BCUT2D eigenvalue weighted by atomic mass is 16.5. The first-order valence-electron chi connectivity index (χ1n) is 13.4. The van der Waals surface area contributed by atoms with Crippen LogP contribution in [0.25, 0.3) is 0 Å². The van der Waals surface area contributed by atoms with Gasteiger partial charge in [-0.2, -0.15) is 0 Å². The van der Waals surface area contributed by atoms with Crippen molar-refractivity contribution in [2.24, 2.45) is 29.4 Å². The van der Waals surface area contributed by atoms with Crippen molar-refractivity contribution in [2.45, 2.75) is 61.9 Å². The van der Waals surface area contributed by atoms with Crippen molar-refractivity contribution in [1.82, 2.24) is 4.90 Å². The van der Waals surface area contributed by atoms with Gasteiger partial charge < -0.3 is 25.8 Å². The summed E-state index contributed by atoms with van der Waals surface area (Å²) in [5, 5.41) is 34.2. The van der Waals surface area contributed by atoms with Gasteiger partial charge in [0.25, 0.3) is 0 Å². The third-order valence-electron chi connectivity index (χ3n) is 9.21. The van der Waals surface area contributed by atoms with Crippen LogP contribution in [0.1, 0.15) is 53.9 Å². The lowest BCUT2D eigenvalue weighted by atomic mass is 9.49. The van der Waals surface area contributed by atoms with Crippen LogP contribution in [0, 0.1) is 23.7 Å². The number of primary amides is 1. The second-order valence-electron chi connectivity index (χ2n) is 11.5. The number of nitrogens with zero attached hydrogens (tertiary/aromatic N) is 1. The maximum absolute atomic E-state index is 14.1. The van der Waals surface area contributed by atoms with Crippen molar-refractivity contribution in [3.05, 3.63) is 29.3 Å². The van der Waals surface area contributed by atoms with E-state index in [0.717, 1.165) is 32.1 Å². The average molecular weight is 543 g/mol. The minimum absolute atomic E-state index is 0.0174. The van der Waals surface area contributed by atoms with Crippen molar-refractivity contribution in [3.63, 3.8) is 0 Å². The Morgan fingerprint density at radius 2 is 1.77 bits per heavy atom. The average Bonchev–Trinajstić information content (AvgIpc) is 2.88. The fourth-order valence-corrected chi connectivity index (χ4v) is 7.44. The molecule has 1 amide bonds. The second-order valence-corrected chi connectivity index (χ2v) is 11.5. The number of hydrogen-bond acceptors (Lipinski definition) is 10. The Morgan fingerprint density at radius 1 is 1.10 bits per heavy atom. The molecule has 8 unspecified atom stereocenters. The van der Waals surface area contributed by atoms with Crippen LogP contribution in [0.15, 0.2) is 18.2 Å². The van der Waals surface area contributed by atoms with Gasteiger partial charge in [-0.25, -0.2) is 0 Å². The Labute approximate surface area is 225 Å². The molecule has 4 aliphatic rings. The van der Waals surface area contributed by atoms with Gasteiger partial charge in [-0.3, -0.25) is 28.9 Å². The van der Waals surface area contributed by atoms with Crippen molar-refractivity contribution >= 4 is 29.0 Å². The first-order valence-corrected chi connectivity index (χ1v) is 13.4. The molecule has 3 fully saturated rings. The normalized spacial score (nSPS) is 36.9. The molecular formula is C28H34N2O9. The largest absolute Gasteiger partial charge is 0.507 e. The maximum atomic E-state index is 14.1. The zero-order valence-electron chi connectivity index (χ0n) is 21.9. The van der Waals surface area contributed by atoms with Crippen molar-refractivity contribution < 1.29 is 44.0 Å². The maximum Gasteiger partial charge on any atom is 0.235 e. The summed E-state index contributed by atoms with van der Waals surface area (Å²) in [6.45, 7) is 0.0174. The van der Waals surface area contributed by atoms with Gasteiger partial charge in [0.15, 0.2) is 34.7 Å². The minimum atomic E-state index is -3.02. The molecule has 5 rings (SSSR count). The van der Waals surface area contributed by atoms with Crippen LogP contribution >= 0.6 is 0 Å². The third kappa shape index (κ3) is 3.97. The summed E-state index contributed by atoms with van der Waals surface area (Å²) in [7, 11) is 2.92. The smallest absolute Gasteiger partial charge is 0.235 e. The van der Waals surface area contributed by atoms with E-state index >= 15 is 0 Å². The summed E-state index contributed by atoms with van der Waals surface area (Å²) in [4.78, 5) is 68.1. The predicted molar refractivity (Wildman–Crippen MR) is 135 cm³/mol. The number of rotatable bonds is 5. The van der Waals surface area contributed by atoms with E-state index in [1.165, 1.54) is 25.1 Å². The molecule has 8 atom stereocenters. The molecular weight excluding hydrogens is 508 g/mol. The summed E-state index contributed by atoms with van der Waals surface area (Å²) >= 11 is 0. The highest BCUT2D eigenvalue weighted by molar-refractivity contribution is 6.32. The summed E-state index contributed by atoms with van der Waals surface area (Å²) in [5.74, 6) is -13.5. The lowest BCUT2D eigenvalue weighted by molar-refractivity contribution is -0.198. The fourth-order valence-electron chi connectivity index (χ4n) is 7.44. The summed E-state index contributed by atoms with van der Waals surface area (Å²) in [6.07, 6.45) is 3.06. The number of nitrogens with two attached hydrogens (primary N) is 1. The zero-order valence-corrected chi connectivity index (χ0v) is 21.9. The van der Waals surface area contributed by atoms with Crippen LogP contribution in [0.4, 0.5) is 0 Å². The number of phenols is 1. The highest BCUT2D eigenvalue weighted by Crippen LogP contribution is 2.54. The van der Waals surface area contributed by atoms with Crippen LogP contribution in [-0.2, 0) is 23.9 Å². The number of aliphatic hydroxyl groups is 2. The van der Waals surface area contributed by atoms with Crippen LogP contribution in [0.2, 0.25) is 0 Å². The molecule has 0 saturated heterocycles. The quantitative estimate of drug-likeness (QED) is 0.361. The summed E-state index contributed by atoms with van der Waals surface area (Å²) < 4.78 is 6.23. The molecule has 1 aromatic rings. The Kier molecular flexibility index (Phi) is 6.99. The molecule has 0 radical (unpaired) electrons. The summed E-state index contributed by atoms with van der Waals surface area (Å²) in [6, 6.07) is 3.06. The number of aliphatic hydroxyl groups excluding tert-OH is 1. The number of amides is 1. The highest BCUT2D eigenvalue weighted by Gasteiger charge is 2.73. The van der Waals surface area contributed by atoms with Gasteiger partial charge in [0, 0.05) is 11.8 Å². The Hall–Kier alpha value is -2.99. The van der Waals surface area contributed by atoms with Gasteiger partial charge in [0.05, 0.1) is 42.3 Å². The Balaban J connectivity index is 1.65. The molecule has 11 nitrogen and oxygen atoms in total. The number of hydrogen-bond donors (Lipinski definition) is 4. The van der Waals surface area contributed by atoms with E-state index in [1.54, 1.807) is 12.1 Å².